The van der Waals surface area contributed by atoms with Gasteiger partial charge in [0.05, 0.1) is 5.37 Å². The van der Waals surface area contributed by atoms with Gasteiger partial charge in [-0.05, 0) is 25.2 Å². The molecule has 0 aromatic carbocycles. The third kappa shape index (κ3) is 1.86. The number of rotatable bonds is 1. The summed E-state index contributed by atoms with van der Waals surface area (Å²) >= 11 is 2.13. The number of thioether (sulfide) groups is 1. The van der Waals surface area contributed by atoms with E-state index in [0.29, 0.717) is 0 Å². The Morgan fingerprint density at radius 1 is 1.42 bits per heavy atom. The Hall–Kier alpha value is 0.0500. The van der Waals surface area contributed by atoms with Crippen LogP contribution in [0.2, 0.25) is 0 Å². The van der Waals surface area contributed by atoms with E-state index in [4.69, 9.17) is 0 Å². The molecule has 0 bridgehead atoms. The zero-order valence-electron chi connectivity index (χ0n) is 7.62. The summed E-state index contributed by atoms with van der Waals surface area (Å²) in [6.45, 7) is 3.52. The third-order valence-electron chi connectivity index (χ3n) is 2.72. The van der Waals surface area contributed by atoms with Crippen LogP contribution in [0.1, 0.15) is 26.2 Å². The van der Waals surface area contributed by atoms with Crippen LogP contribution in [0.3, 0.4) is 0 Å². The summed E-state index contributed by atoms with van der Waals surface area (Å²) in [5.41, 5.74) is 0. The minimum atomic E-state index is 0.741. The lowest BCUT2D eigenvalue weighted by Crippen LogP contribution is -2.29. The molecule has 1 fully saturated rings. The summed E-state index contributed by atoms with van der Waals surface area (Å²) in [6, 6.07) is 0. The van der Waals surface area contributed by atoms with Crippen molar-refractivity contribution in [3.63, 3.8) is 0 Å². The Kier molecular flexibility index (Phi) is 2.76. The van der Waals surface area contributed by atoms with E-state index in [-0.39, 0.29) is 0 Å². The van der Waals surface area contributed by atoms with Crippen LogP contribution in [0.4, 0.5) is 0 Å². The summed E-state index contributed by atoms with van der Waals surface area (Å²) in [7, 11) is 0. The van der Waals surface area contributed by atoms with Gasteiger partial charge in [0.2, 0.25) is 0 Å². The molecule has 2 heteroatoms. The van der Waals surface area contributed by atoms with Gasteiger partial charge in [-0.3, -0.25) is 0 Å². The topological polar surface area (TPSA) is 12.0 Å². The molecule has 0 aromatic rings. The highest BCUT2D eigenvalue weighted by atomic mass is 32.2. The van der Waals surface area contributed by atoms with Crippen molar-refractivity contribution in [2.45, 2.75) is 36.8 Å². The van der Waals surface area contributed by atoms with E-state index in [1.165, 1.54) is 25.8 Å². The van der Waals surface area contributed by atoms with Gasteiger partial charge in [-0.15, -0.1) is 11.8 Å². The van der Waals surface area contributed by atoms with E-state index < -0.39 is 0 Å². The van der Waals surface area contributed by atoms with Gasteiger partial charge in [0, 0.05) is 11.8 Å². The van der Waals surface area contributed by atoms with Crippen LogP contribution in [0.15, 0.2) is 12.2 Å². The highest BCUT2D eigenvalue weighted by Crippen LogP contribution is 2.33. The quantitative estimate of drug-likeness (QED) is 0.626. The second kappa shape index (κ2) is 3.84. The maximum atomic E-state index is 3.61. The van der Waals surface area contributed by atoms with Gasteiger partial charge >= 0.3 is 0 Å². The largest absolute Gasteiger partial charge is 0.304 e. The fourth-order valence-electron chi connectivity index (χ4n) is 2.00. The molecule has 68 valence electrons. The van der Waals surface area contributed by atoms with Crippen molar-refractivity contribution in [3.8, 4) is 0 Å². The van der Waals surface area contributed by atoms with Crippen LogP contribution < -0.4 is 5.32 Å². The first kappa shape index (κ1) is 8.64. The second-order valence-corrected chi connectivity index (χ2v) is 5.40. The summed E-state index contributed by atoms with van der Waals surface area (Å²) < 4.78 is 0. The summed E-state index contributed by atoms with van der Waals surface area (Å²) in [5.74, 6) is 0.893. The molecule has 3 unspecified atom stereocenters. The minimum Gasteiger partial charge on any atom is -0.304 e. The molecule has 1 N–H and O–H groups in total. The molecule has 2 aliphatic rings. The summed E-state index contributed by atoms with van der Waals surface area (Å²) in [5, 5.41) is 5.17. The Morgan fingerprint density at radius 2 is 2.33 bits per heavy atom. The molecule has 1 nitrogen and oxygen atoms in total. The van der Waals surface area contributed by atoms with Gasteiger partial charge in [-0.1, -0.05) is 19.1 Å². The first-order chi connectivity index (χ1) is 5.86. The lowest BCUT2D eigenvalue weighted by Gasteiger charge is -2.23. The smallest absolute Gasteiger partial charge is 0.0567 e. The number of allylic oxidation sites excluding steroid dienone is 2. The van der Waals surface area contributed by atoms with E-state index >= 15 is 0 Å². The molecule has 1 aliphatic carbocycles. The molecule has 3 atom stereocenters. The first-order valence-corrected chi connectivity index (χ1v) is 5.84. The van der Waals surface area contributed by atoms with Crippen LogP contribution in [-0.4, -0.2) is 17.2 Å². The lowest BCUT2D eigenvalue weighted by atomic mass is 9.94. The van der Waals surface area contributed by atoms with Gasteiger partial charge in [-0.25, -0.2) is 0 Å². The average molecular weight is 183 g/mol. The van der Waals surface area contributed by atoms with Crippen LogP contribution in [0.5, 0.6) is 0 Å². The molecule has 0 amide bonds. The average Bonchev–Trinajstić information content (AvgIpc) is 2.54. The Morgan fingerprint density at radius 3 is 2.92 bits per heavy atom. The van der Waals surface area contributed by atoms with Crippen LogP contribution >= 0.6 is 11.8 Å². The number of hydrogen-bond acceptors (Lipinski definition) is 2. The van der Waals surface area contributed by atoms with E-state index in [1.807, 2.05) is 0 Å². The number of hydrogen-bond donors (Lipinski definition) is 1. The van der Waals surface area contributed by atoms with Crippen LogP contribution in [0, 0.1) is 5.92 Å². The Bertz CT molecular complexity index is 179. The molecule has 1 saturated heterocycles. The van der Waals surface area contributed by atoms with Crippen LogP contribution in [-0.2, 0) is 0 Å². The van der Waals surface area contributed by atoms with Crippen molar-refractivity contribution in [2.24, 2.45) is 5.92 Å². The van der Waals surface area contributed by atoms with Gasteiger partial charge in [0.1, 0.15) is 0 Å². The van der Waals surface area contributed by atoms with Crippen molar-refractivity contribution >= 4 is 11.8 Å². The maximum absolute atomic E-state index is 3.61. The molecular weight excluding hydrogens is 166 g/mol. The third-order valence-corrected chi connectivity index (χ3v) is 4.20. The van der Waals surface area contributed by atoms with Gasteiger partial charge < -0.3 is 5.32 Å². The van der Waals surface area contributed by atoms with Crippen molar-refractivity contribution in [3.05, 3.63) is 12.2 Å². The molecule has 1 heterocycles. The Balaban J connectivity index is 1.88. The molecule has 0 aromatic heterocycles. The lowest BCUT2D eigenvalue weighted by molar-refractivity contribution is 0.427. The molecular formula is C10H17NS. The normalized spacial score (nSPS) is 41.9. The van der Waals surface area contributed by atoms with E-state index in [1.54, 1.807) is 0 Å². The van der Waals surface area contributed by atoms with Crippen molar-refractivity contribution in [2.75, 3.05) is 6.54 Å². The maximum Gasteiger partial charge on any atom is 0.0567 e. The first-order valence-electron chi connectivity index (χ1n) is 4.90. The molecule has 0 radical (unpaired) electrons. The van der Waals surface area contributed by atoms with Gasteiger partial charge in [0.25, 0.3) is 0 Å². The van der Waals surface area contributed by atoms with Crippen molar-refractivity contribution in [1.29, 1.82) is 0 Å². The van der Waals surface area contributed by atoms with Gasteiger partial charge in [-0.2, -0.15) is 0 Å². The fraction of sp³-hybridized carbons (Fsp3) is 0.800. The summed E-state index contributed by atoms with van der Waals surface area (Å²) in [4.78, 5) is 0. The Labute approximate surface area is 79.0 Å². The van der Waals surface area contributed by atoms with Crippen molar-refractivity contribution in [1.82, 2.24) is 5.32 Å². The van der Waals surface area contributed by atoms with E-state index in [0.717, 1.165) is 16.5 Å². The monoisotopic (exact) mass is 183 g/mol. The van der Waals surface area contributed by atoms with Crippen molar-refractivity contribution < 1.29 is 0 Å². The second-order valence-electron chi connectivity index (χ2n) is 3.82. The van der Waals surface area contributed by atoms with E-state index in [9.17, 15) is 0 Å². The molecule has 2 rings (SSSR count). The predicted molar refractivity (Wildman–Crippen MR) is 55.3 cm³/mol. The highest BCUT2D eigenvalue weighted by molar-refractivity contribution is 8.00. The van der Waals surface area contributed by atoms with E-state index in [2.05, 4.69) is 36.2 Å². The zero-order valence-corrected chi connectivity index (χ0v) is 8.44. The molecule has 0 spiro atoms. The molecule has 0 saturated carbocycles. The predicted octanol–water partition coefficient (Wildman–Crippen LogP) is 2.39. The number of nitrogens with one attached hydrogen (secondary N) is 1. The molecule has 12 heavy (non-hydrogen) atoms. The minimum absolute atomic E-state index is 0.741. The SMILES string of the molecule is CC1CNC(C2CC=CCC2)S1. The summed E-state index contributed by atoms with van der Waals surface area (Å²) in [6.07, 6.45) is 8.63. The highest BCUT2D eigenvalue weighted by Gasteiger charge is 2.28. The molecule has 1 aliphatic heterocycles. The van der Waals surface area contributed by atoms with Crippen LogP contribution in [0.25, 0.3) is 0 Å². The fourth-order valence-corrected chi connectivity index (χ4v) is 3.35. The standard InChI is InChI=1S/C10H17NS/c1-8-7-11-10(12-8)9-5-3-2-4-6-9/h2-3,8-11H,4-7H2,1H3. The zero-order chi connectivity index (χ0) is 8.39. The van der Waals surface area contributed by atoms with Gasteiger partial charge in [0.15, 0.2) is 0 Å².